The Morgan fingerprint density at radius 1 is 1.00 bits per heavy atom. The van der Waals surface area contributed by atoms with E-state index in [9.17, 15) is 0 Å². The lowest BCUT2D eigenvalue weighted by molar-refractivity contribution is 0.110. The number of nitrogens with zero attached hydrogens (tertiary/aromatic N) is 1. The van der Waals surface area contributed by atoms with Gasteiger partial charge in [0, 0.05) is 25.3 Å². The Balaban J connectivity index is 1.98. The Bertz CT molecular complexity index is 702. The number of ether oxygens (including phenoxy) is 2. The summed E-state index contributed by atoms with van der Waals surface area (Å²) in [5.41, 5.74) is 3.46. The summed E-state index contributed by atoms with van der Waals surface area (Å²) < 4.78 is 11.3. The maximum atomic E-state index is 5.92. The number of rotatable bonds is 10. The lowest BCUT2D eigenvalue weighted by Crippen LogP contribution is -2.36. The maximum Gasteiger partial charge on any atom is 0.191 e. The molecule has 146 valence electrons. The maximum absolute atomic E-state index is 5.92. The predicted octanol–water partition coefficient (Wildman–Crippen LogP) is 3.67. The van der Waals surface area contributed by atoms with Crippen LogP contribution in [0, 0.1) is 6.92 Å². The molecule has 2 rings (SSSR count). The van der Waals surface area contributed by atoms with Crippen molar-refractivity contribution in [2.24, 2.45) is 4.99 Å². The number of nitrogens with one attached hydrogen (secondary N) is 2. The lowest BCUT2D eigenvalue weighted by atomic mass is 10.1. The summed E-state index contributed by atoms with van der Waals surface area (Å²) in [6.07, 6.45) is 0. The smallest absolute Gasteiger partial charge is 0.191 e. The van der Waals surface area contributed by atoms with Crippen molar-refractivity contribution in [2.75, 3.05) is 26.4 Å². The number of benzene rings is 2. The molecule has 27 heavy (non-hydrogen) atoms. The van der Waals surface area contributed by atoms with Gasteiger partial charge in [0.15, 0.2) is 5.96 Å². The van der Waals surface area contributed by atoms with Crippen molar-refractivity contribution >= 4 is 5.96 Å². The van der Waals surface area contributed by atoms with Gasteiger partial charge >= 0.3 is 0 Å². The Hall–Kier alpha value is -2.53. The third-order valence-corrected chi connectivity index (χ3v) is 3.97. The highest BCUT2D eigenvalue weighted by Crippen LogP contribution is 2.20. The van der Waals surface area contributed by atoms with Crippen molar-refractivity contribution < 1.29 is 9.47 Å². The first-order valence-electron chi connectivity index (χ1n) is 9.59. The van der Waals surface area contributed by atoms with Gasteiger partial charge in [-0.1, -0.05) is 42.5 Å². The van der Waals surface area contributed by atoms with Gasteiger partial charge in [-0.3, -0.25) is 0 Å². The van der Waals surface area contributed by atoms with Crippen molar-refractivity contribution in [3.05, 3.63) is 65.2 Å². The molecule has 0 fully saturated rings. The predicted molar refractivity (Wildman–Crippen MR) is 111 cm³/mol. The van der Waals surface area contributed by atoms with E-state index in [0.29, 0.717) is 32.9 Å². The van der Waals surface area contributed by atoms with Crippen LogP contribution in [-0.2, 0) is 17.8 Å². The fourth-order valence-corrected chi connectivity index (χ4v) is 2.57. The summed E-state index contributed by atoms with van der Waals surface area (Å²) in [4.78, 5) is 4.67. The molecular weight excluding hydrogens is 338 g/mol. The van der Waals surface area contributed by atoms with Crippen LogP contribution in [0.5, 0.6) is 5.75 Å². The third-order valence-electron chi connectivity index (χ3n) is 3.97. The van der Waals surface area contributed by atoms with Crippen LogP contribution in [0.25, 0.3) is 0 Å². The zero-order chi connectivity index (χ0) is 19.3. The minimum atomic E-state index is 0.548. The highest BCUT2D eigenvalue weighted by atomic mass is 16.5. The third kappa shape index (κ3) is 7.71. The Morgan fingerprint density at radius 3 is 2.56 bits per heavy atom. The number of guanidine groups is 1. The molecule has 0 atom stereocenters. The molecule has 0 aromatic heterocycles. The molecule has 0 spiro atoms. The molecule has 2 aromatic carbocycles. The molecule has 0 bridgehead atoms. The second-order valence-corrected chi connectivity index (χ2v) is 6.19. The minimum absolute atomic E-state index is 0.548. The fourth-order valence-electron chi connectivity index (χ4n) is 2.57. The largest absolute Gasteiger partial charge is 0.491 e. The van der Waals surface area contributed by atoms with E-state index >= 15 is 0 Å². The molecule has 5 nitrogen and oxygen atoms in total. The van der Waals surface area contributed by atoms with Crippen LogP contribution in [0.3, 0.4) is 0 Å². The molecule has 0 heterocycles. The zero-order valence-corrected chi connectivity index (χ0v) is 16.6. The summed E-state index contributed by atoms with van der Waals surface area (Å²) in [6.45, 7) is 10.1. The highest BCUT2D eigenvalue weighted by Gasteiger charge is 2.06. The van der Waals surface area contributed by atoms with Crippen molar-refractivity contribution in [1.82, 2.24) is 10.6 Å². The average Bonchev–Trinajstić information content (AvgIpc) is 2.69. The van der Waals surface area contributed by atoms with E-state index in [0.717, 1.165) is 23.8 Å². The molecule has 0 aliphatic heterocycles. The Labute approximate surface area is 162 Å². The van der Waals surface area contributed by atoms with Gasteiger partial charge < -0.3 is 20.1 Å². The fraction of sp³-hybridized carbons (Fsp3) is 0.409. The van der Waals surface area contributed by atoms with Crippen LogP contribution in [0.4, 0.5) is 0 Å². The van der Waals surface area contributed by atoms with Crippen molar-refractivity contribution in [3.8, 4) is 5.75 Å². The Morgan fingerprint density at radius 2 is 1.81 bits per heavy atom. The SMILES string of the molecule is CCNC(=NCc1ccccc1)NCc1ccc(C)cc1OCCOCC. The Kier molecular flexibility index (Phi) is 9.21. The van der Waals surface area contributed by atoms with E-state index < -0.39 is 0 Å². The molecule has 0 aliphatic carbocycles. The number of hydrogen-bond donors (Lipinski definition) is 2. The van der Waals surface area contributed by atoms with E-state index in [-0.39, 0.29) is 0 Å². The van der Waals surface area contributed by atoms with Gasteiger partial charge in [0.2, 0.25) is 0 Å². The van der Waals surface area contributed by atoms with Crippen LogP contribution in [0.2, 0.25) is 0 Å². The van der Waals surface area contributed by atoms with Crippen LogP contribution >= 0.6 is 0 Å². The summed E-state index contributed by atoms with van der Waals surface area (Å²) >= 11 is 0. The monoisotopic (exact) mass is 369 g/mol. The van der Waals surface area contributed by atoms with E-state index in [1.807, 2.05) is 25.1 Å². The summed E-state index contributed by atoms with van der Waals surface area (Å²) in [6, 6.07) is 16.5. The summed E-state index contributed by atoms with van der Waals surface area (Å²) in [7, 11) is 0. The van der Waals surface area contributed by atoms with Gasteiger partial charge in [0.1, 0.15) is 12.4 Å². The first-order chi connectivity index (χ1) is 13.2. The van der Waals surface area contributed by atoms with Crippen molar-refractivity contribution in [1.29, 1.82) is 0 Å². The van der Waals surface area contributed by atoms with E-state index in [1.54, 1.807) is 0 Å². The van der Waals surface area contributed by atoms with E-state index in [1.165, 1.54) is 11.1 Å². The molecular formula is C22H31N3O2. The molecule has 2 aromatic rings. The van der Waals surface area contributed by atoms with Crippen LogP contribution in [-0.4, -0.2) is 32.3 Å². The first-order valence-corrected chi connectivity index (χ1v) is 9.59. The first kappa shape index (κ1) is 20.8. The van der Waals surface area contributed by atoms with Gasteiger partial charge in [0.05, 0.1) is 13.2 Å². The molecule has 0 amide bonds. The second kappa shape index (κ2) is 12.0. The topological polar surface area (TPSA) is 54.9 Å². The molecule has 0 radical (unpaired) electrons. The van der Waals surface area contributed by atoms with Crippen LogP contribution in [0.15, 0.2) is 53.5 Å². The molecule has 2 N–H and O–H groups in total. The summed E-state index contributed by atoms with van der Waals surface area (Å²) in [5.74, 6) is 1.68. The van der Waals surface area contributed by atoms with Gasteiger partial charge in [-0.2, -0.15) is 0 Å². The van der Waals surface area contributed by atoms with E-state index in [4.69, 9.17) is 9.47 Å². The van der Waals surface area contributed by atoms with Gasteiger partial charge in [-0.15, -0.1) is 0 Å². The van der Waals surface area contributed by atoms with Crippen molar-refractivity contribution in [3.63, 3.8) is 0 Å². The lowest BCUT2D eigenvalue weighted by Gasteiger charge is -2.15. The standard InChI is InChI=1S/C22H31N3O2/c1-4-23-22(24-16-19-9-7-6-8-10-19)25-17-20-12-11-18(3)15-21(20)27-14-13-26-5-2/h6-12,15H,4-5,13-14,16-17H2,1-3H3,(H2,23,24,25). The number of aliphatic imine (C=N–C) groups is 1. The quantitative estimate of drug-likeness (QED) is 0.381. The highest BCUT2D eigenvalue weighted by molar-refractivity contribution is 5.79. The molecule has 0 saturated heterocycles. The minimum Gasteiger partial charge on any atom is -0.491 e. The number of aryl methyl sites for hydroxylation is 1. The molecule has 5 heteroatoms. The summed E-state index contributed by atoms with van der Waals surface area (Å²) in [5, 5.41) is 6.69. The normalized spacial score (nSPS) is 11.3. The second-order valence-electron chi connectivity index (χ2n) is 6.19. The van der Waals surface area contributed by atoms with Gasteiger partial charge in [-0.05, 0) is 38.0 Å². The number of hydrogen-bond acceptors (Lipinski definition) is 3. The average molecular weight is 370 g/mol. The molecule has 0 aliphatic rings. The van der Waals surface area contributed by atoms with E-state index in [2.05, 4.69) is 59.8 Å². The van der Waals surface area contributed by atoms with Crippen LogP contribution in [0.1, 0.15) is 30.5 Å². The van der Waals surface area contributed by atoms with Gasteiger partial charge in [0.25, 0.3) is 0 Å². The van der Waals surface area contributed by atoms with Gasteiger partial charge in [-0.25, -0.2) is 4.99 Å². The van der Waals surface area contributed by atoms with Crippen LogP contribution < -0.4 is 15.4 Å². The molecule has 0 unspecified atom stereocenters. The molecule has 0 saturated carbocycles. The zero-order valence-electron chi connectivity index (χ0n) is 16.6. The van der Waals surface area contributed by atoms with Crippen molar-refractivity contribution in [2.45, 2.75) is 33.9 Å².